The Hall–Kier alpha value is -1.84. The third-order valence-corrected chi connectivity index (χ3v) is 11.7. The van der Waals surface area contributed by atoms with E-state index in [4.69, 9.17) is 9.68 Å². The fourth-order valence-corrected chi connectivity index (χ4v) is 9.46. The predicted octanol–water partition coefficient (Wildman–Crippen LogP) is 5.87. The molecule has 0 spiro atoms. The van der Waals surface area contributed by atoms with Gasteiger partial charge in [-0.15, -0.1) is 5.54 Å². The first kappa shape index (κ1) is 21.5. The van der Waals surface area contributed by atoms with Crippen molar-refractivity contribution in [3.8, 4) is 17.2 Å². The molecular weight excluding hydrogens is 361 g/mol. The van der Waals surface area contributed by atoms with Crippen LogP contribution < -0.4 is 4.65 Å². The number of hydrogen-bond donors (Lipinski definition) is 1. The van der Waals surface area contributed by atoms with E-state index in [1.54, 1.807) is 18.2 Å². The summed E-state index contributed by atoms with van der Waals surface area (Å²) in [6, 6.07) is 7.93. The molecule has 0 radical (unpaired) electrons. The smallest absolute Gasteiger partial charge is 0.508 e. The molecule has 0 aliphatic rings. The summed E-state index contributed by atoms with van der Waals surface area (Å²) in [4.78, 5) is 0. The highest BCUT2D eigenvalue weighted by molar-refractivity contribution is 6.90. The maximum atomic E-state index is 14.7. The minimum Gasteiger partial charge on any atom is -0.508 e. The van der Waals surface area contributed by atoms with Gasteiger partial charge in [0, 0.05) is 5.39 Å². The molecule has 2 aromatic carbocycles. The SMILES string of the molecule is CC(C)[Si](C#Cc1c(F)ccc2cccc(OB(O)F)c12)(C(C)C)C(C)C. The molecule has 0 saturated heterocycles. The van der Waals surface area contributed by atoms with Gasteiger partial charge < -0.3 is 9.68 Å². The molecular formula is C21H27BF2O2Si. The first-order valence-corrected chi connectivity index (χ1v) is 11.6. The third-order valence-electron chi connectivity index (χ3n) is 5.45. The molecule has 0 aromatic heterocycles. The minimum atomic E-state index is -2.48. The van der Waals surface area contributed by atoms with Crippen LogP contribution in [-0.4, -0.2) is 20.5 Å². The van der Waals surface area contributed by atoms with Crippen LogP contribution in [0.15, 0.2) is 30.3 Å². The summed E-state index contributed by atoms with van der Waals surface area (Å²) in [5.74, 6) is 2.71. The zero-order chi connectivity index (χ0) is 20.4. The summed E-state index contributed by atoms with van der Waals surface area (Å²) in [5, 5.41) is 10.1. The van der Waals surface area contributed by atoms with Crippen LogP contribution in [0.25, 0.3) is 10.8 Å². The molecule has 1 N–H and O–H groups in total. The Labute approximate surface area is 162 Å². The van der Waals surface area contributed by atoms with E-state index in [0.29, 0.717) is 27.4 Å². The molecule has 2 aromatic rings. The molecule has 0 bridgehead atoms. The van der Waals surface area contributed by atoms with Crippen LogP contribution in [0.1, 0.15) is 47.1 Å². The molecule has 0 unspecified atom stereocenters. The second kappa shape index (κ2) is 8.45. The molecule has 0 atom stereocenters. The average Bonchev–Trinajstić information content (AvgIpc) is 2.55. The number of halogens is 2. The molecule has 27 heavy (non-hydrogen) atoms. The van der Waals surface area contributed by atoms with Crippen molar-refractivity contribution in [1.29, 1.82) is 0 Å². The molecule has 0 amide bonds. The van der Waals surface area contributed by atoms with Crippen LogP contribution in [0.3, 0.4) is 0 Å². The number of hydrogen-bond acceptors (Lipinski definition) is 2. The summed E-state index contributed by atoms with van der Waals surface area (Å²) >= 11 is 0. The summed E-state index contributed by atoms with van der Waals surface area (Å²) in [6.45, 7) is 13.1. The van der Waals surface area contributed by atoms with E-state index in [1.807, 2.05) is 0 Å². The van der Waals surface area contributed by atoms with Crippen LogP contribution in [0.4, 0.5) is 8.71 Å². The van der Waals surface area contributed by atoms with Crippen LogP contribution in [0.2, 0.25) is 16.6 Å². The molecule has 144 valence electrons. The van der Waals surface area contributed by atoms with Crippen LogP contribution >= 0.6 is 0 Å². The van der Waals surface area contributed by atoms with E-state index >= 15 is 0 Å². The first-order chi connectivity index (χ1) is 12.6. The van der Waals surface area contributed by atoms with Crippen molar-refractivity contribution in [1.82, 2.24) is 0 Å². The van der Waals surface area contributed by atoms with Gasteiger partial charge in [0.2, 0.25) is 0 Å². The minimum absolute atomic E-state index is 0.0807. The van der Waals surface area contributed by atoms with Gasteiger partial charge in [-0.2, -0.15) is 0 Å². The summed E-state index contributed by atoms with van der Waals surface area (Å²) in [5.41, 5.74) is 4.92. The number of benzene rings is 2. The van der Waals surface area contributed by atoms with Gasteiger partial charge in [-0.3, -0.25) is 0 Å². The van der Waals surface area contributed by atoms with E-state index in [0.717, 1.165) is 0 Å². The van der Waals surface area contributed by atoms with Crippen LogP contribution in [0, 0.1) is 17.3 Å². The topological polar surface area (TPSA) is 29.5 Å². The van der Waals surface area contributed by atoms with Gasteiger partial charge >= 0.3 is 7.40 Å². The predicted molar refractivity (Wildman–Crippen MR) is 112 cm³/mol. The van der Waals surface area contributed by atoms with Crippen molar-refractivity contribution in [3.05, 3.63) is 41.7 Å². The maximum Gasteiger partial charge on any atom is 0.751 e. The lowest BCUT2D eigenvalue weighted by Gasteiger charge is -2.38. The molecule has 6 heteroatoms. The quantitative estimate of drug-likeness (QED) is 0.512. The van der Waals surface area contributed by atoms with Crippen molar-refractivity contribution in [3.63, 3.8) is 0 Å². The van der Waals surface area contributed by atoms with E-state index in [9.17, 15) is 8.71 Å². The summed E-state index contributed by atoms with van der Waals surface area (Å²) in [6.07, 6.45) is 0. The Bertz CT molecular complexity index is 848. The Morgan fingerprint density at radius 3 is 2.11 bits per heavy atom. The lowest BCUT2D eigenvalue weighted by Crippen LogP contribution is -2.43. The molecule has 2 rings (SSSR count). The molecule has 0 saturated carbocycles. The zero-order valence-electron chi connectivity index (χ0n) is 16.8. The van der Waals surface area contributed by atoms with Gasteiger partial charge in [-0.05, 0) is 34.1 Å². The Kier molecular flexibility index (Phi) is 6.72. The lowest BCUT2D eigenvalue weighted by atomic mass is 10.0. The van der Waals surface area contributed by atoms with Crippen LogP contribution in [-0.2, 0) is 0 Å². The Morgan fingerprint density at radius 2 is 1.59 bits per heavy atom. The standard InChI is InChI=1S/C21H27BF2O2Si/c1-14(2)27(15(3)4,16(5)6)13-12-18-19(23)11-10-17-8-7-9-20(21(17)18)26-22(24)25/h7-11,14-16,25H,1-6H3. The Morgan fingerprint density at radius 1 is 1.00 bits per heavy atom. The highest BCUT2D eigenvalue weighted by atomic mass is 28.3. The second-order valence-corrected chi connectivity index (χ2v) is 13.4. The molecule has 0 heterocycles. The van der Waals surface area contributed by atoms with E-state index in [1.165, 1.54) is 12.1 Å². The summed E-state index contributed by atoms with van der Waals surface area (Å²) in [7, 11) is -4.54. The largest absolute Gasteiger partial charge is 0.751 e. The molecule has 0 fully saturated rings. The first-order valence-electron chi connectivity index (χ1n) is 9.34. The molecule has 0 aliphatic carbocycles. The second-order valence-electron chi connectivity index (χ2n) is 7.83. The van der Waals surface area contributed by atoms with Gasteiger partial charge in [-0.1, -0.05) is 65.7 Å². The van der Waals surface area contributed by atoms with Gasteiger partial charge in [-0.25, -0.2) is 8.71 Å². The number of fused-ring (bicyclic) bond motifs is 1. The highest BCUT2D eigenvalue weighted by Gasteiger charge is 2.41. The van der Waals surface area contributed by atoms with Gasteiger partial charge in [0.25, 0.3) is 0 Å². The van der Waals surface area contributed by atoms with Crippen molar-refractivity contribution in [2.24, 2.45) is 0 Å². The lowest BCUT2D eigenvalue weighted by molar-refractivity contribution is 0.351. The maximum absolute atomic E-state index is 14.7. The van der Waals surface area contributed by atoms with Gasteiger partial charge in [0.05, 0.1) is 5.56 Å². The fourth-order valence-electron chi connectivity index (χ4n) is 4.25. The van der Waals surface area contributed by atoms with Crippen molar-refractivity contribution >= 4 is 26.2 Å². The van der Waals surface area contributed by atoms with Crippen LogP contribution in [0.5, 0.6) is 5.75 Å². The molecule has 2 nitrogen and oxygen atoms in total. The summed E-state index contributed by atoms with van der Waals surface area (Å²) < 4.78 is 32.6. The fraction of sp³-hybridized carbons (Fsp3) is 0.429. The normalized spacial score (nSPS) is 11.9. The molecule has 0 aliphatic heterocycles. The Balaban J connectivity index is 2.76. The zero-order valence-corrected chi connectivity index (χ0v) is 17.8. The highest BCUT2D eigenvalue weighted by Crippen LogP contribution is 2.41. The van der Waals surface area contributed by atoms with Crippen molar-refractivity contribution in [2.75, 3.05) is 0 Å². The van der Waals surface area contributed by atoms with E-state index < -0.39 is 21.3 Å². The van der Waals surface area contributed by atoms with Crippen molar-refractivity contribution < 1.29 is 18.4 Å². The van der Waals surface area contributed by atoms with E-state index in [-0.39, 0.29) is 11.3 Å². The number of rotatable bonds is 5. The van der Waals surface area contributed by atoms with Gasteiger partial charge in [0.15, 0.2) is 0 Å². The monoisotopic (exact) mass is 388 g/mol. The van der Waals surface area contributed by atoms with Gasteiger partial charge in [0.1, 0.15) is 19.6 Å². The van der Waals surface area contributed by atoms with Crippen molar-refractivity contribution in [2.45, 2.75) is 58.2 Å². The third kappa shape index (κ3) is 4.20. The average molecular weight is 388 g/mol. The van der Waals surface area contributed by atoms with E-state index in [2.05, 4.69) is 53.0 Å².